The van der Waals surface area contributed by atoms with Crippen LogP contribution in [-0.4, -0.2) is 6.04 Å². The monoisotopic (exact) mass is 447 g/mol. The molecule has 2 aliphatic carbocycles. The fourth-order valence-corrected chi connectivity index (χ4v) is 2.66. The molecule has 1 atom stereocenters. The summed E-state index contributed by atoms with van der Waals surface area (Å²) in [5.74, 6) is 1.00. The minimum atomic E-state index is 0. The smallest absolute Gasteiger partial charge is 0.0582 e. The molecule has 0 aromatic rings. The van der Waals surface area contributed by atoms with Crippen LogP contribution in [0.15, 0.2) is 3.34 Å². The van der Waals surface area contributed by atoms with Gasteiger partial charge in [0.1, 0.15) is 0 Å². The van der Waals surface area contributed by atoms with Crippen molar-refractivity contribution in [2.45, 2.75) is 91.0 Å². The van der Waals surface area contributed by atoms with Crippen LogP contribution in [0.4, 0.5) is 0 Å². The molecule has 0 spiro atoms. The van der Waals surface area contributed by atoms with Crippen LogP contribution in [0.5, 0.6) is 0 Å². The van der Waals surface area contributed by atoms with Gasteiger partial charge in [-0.1, -0.05) is 39.0 Å². The average Bonchev–Trinajstić information content (AvgIpc) is 2.50. The molecule has 0 radical (unpaired) electrons. The van der Waals surface area contributed by atoms with Crippen molar-refractivity contribution in [3.63, 3.8) is 0 Å². The Morgan fingerprint density at radius 3 is 1.70 bits per heavy atom. The molecule has 2 rings (SSSR count). The predicted octanol–water partition coefficient (Wildman–Crippen LogP) is 6.52. The molecule has 2 saturated carbocycles. The van der Waals surface area contributed by atoms with Gasteiger partial charge in [0.2, 0.25) is 0 Å². The summed E-state index contributed by atoms with van der Waals surface area (Å²) in [6, 6.07) is 0.610. The molecular weight excluding hydrogens is 411 g/mol. The number of hydrogen-bond donors (Lipinski definition) is 0. The maximum Gasteiger partial charge on any atom is -0.0582 e. The summed E-state index contributed by atoms with van der Waals surface area (Å²) in [7, 11) is 0. The van der Waals surface area contributed by atoms with Crippen molar-refractivity contribution < 1.29 is 20.9 Å². The van der Waals surface area contributed by atoms with E-state index in [2.05, 4.69) is 37.0 Å². The summed E-state index contributed by atoms with van der Waals surface area (Å²) < 4.78 is 4.12. The van der Waals surface area contributed by atoms with E-state index in [0.29, 0.717) is 6.04 Å². The Balaban J connectivity index is 0. The Labute approximate surface area is 141 Å². The Morgan fingerprint density at radius 1 is 1.05 bits per heavy atom. The van der Waals surface area contributed by atoms with Gasteiger partial charge in [-0.3, -0.25) is 0 Å². The van der Waals surface area contributed by atoms with Crippen LogP contribution in [0.2, 0.25) is 0 Å². The maximum absolute atomic E-state index is 4.12. The van der Waals surface area contributed by atoms with Crippen molar-refractivity contribution in [2.24, 2.45) is 9.26 Å². The van der Waals surface area contributed by atoms with Gasteiger partial charge in [0.05, 0.1) is 0 Å². The minimum Gasteiger partial charge on any atom is -0.358 e. The molecule has 1 unspecified atom stereocenters. The predicted molar refractivity (Wildman–Crippen MR) is 87.9 cm³/mol. The zero-order valence-electron chi connectivity index (χ0n) is 14.3. The molecule has 0 heterocycles. The van der Waals surface area contributed by atoms with Gasteiger partial charge in [-0.15, -0.1) is 0 Å². The van der Waals surface area contributed by atoms with Gasteiger partial charge in [0, 0.05) is 0 Å². The third-order valence-electron chi connectivity index (χ3n) is 3.83. The third-order valence-corrected chi connectivity index (χ3v) is 5.25. The summed E-state index contributed by atoms with van der Waals surface area (Å²) in [5, 5.41) is 0. The van der Waals surface area contributed by atoms with Crippen LogP contribution in [0.25, 0.3) is 0 Å². The molecule has 0 aromatic heterocycles. The summed E-state index contributed by atoms with van der Waals surface area (Å²) in [6.45, 7) is 6.63. The van der Waals surface area contributed by atoms with Crippen molar-refractivity contribution in [1.82, 2.24) is 0 Å². The molecule has 2 fully saturated rings. The van der Waals surface area contributed by atoms with E-state index in [0.717, 1.165) is 5.92 Å². The summed E-state index contributed by atoms with van der Waals surface area (Å²) >= 11 is 1.18. The fraction of sp³-hybridized carbons (Fsp3) is 0.833. The van der Waals surface area contributed by atoms with Crippen molar-refractivity contribution in [3.8, 4) is 0 Å². The van der Waals surface area contributed by atoms with Gasteiger partial charge >= 0.3 is 50.5 Å². The molecule has 20 heavy (non-hydrogen) atoms. The van der Waals surface area contributed by atoms with Crippen LogP contribution >= 0.6 is 0 Å². The molecule has 2 aliphatic rings. The zero-order valence-corrected chi connectivity index (χ0v) is 17.5. The molecule has 0 N–H and O–H groups in total. The second kappa shape index (κ2) is 17.6. The van der Waals surface area contributed by atoms with Gasteiger partial charge in [-0.25, -0.2) is 0 Å². The van der Waals surface area contributed by atoms with E-state index in [1.54, 1.807) is 0 Å². The van der Waals surface area contributed by atoms with Crippen LogP contribution in [0.3, 0.4) is 0 Å². The molecule has 0 aromatic carbocycles. The van der Waals surface area contributed by atoms with Gasteiger partial charge in [-0.2, -0.15) is 25.7 Å². The van der Waals surface area contributed by atoms with E-state index in [4.69, 9.17) is 0 Å². The number of hydrogen-bond acceptors (Lipinski definition) is 1. The van der Waals surface area contributed by atoms with Crippen LogP contribution in [0, 0.1) is 26.2 Å². The van der Waals surface area contributed by atoms with E-state index in [1.807, 2.05) is 0 Å². The van der Waals surface area contributed by atoms with Crippen molar-refractivity contribution in [3.05, 3.63) is 20.3 Å². The quantitative estimate of drug-likeness (QED) is 0.428. The van der Waals surface area contributed by atoms with E-state index >= 15 is 0 Å². The Kier molecular flexibility index (Phi) is 20.1. The van der Waals surface area contributed by atoms with Gasteiger partial charge in [0.25, 0.3) is 0 Å². The second-order valence-electron chi connectivity index (χ2n) is 5.85. The van der Waals surface area contributed by atoms with E-state index < -0.39 is 0 Å². The number of rotatable bonds is 2. The zero-order chi connectivity index (χ0) is 14.3. The summed E-state index contributed by atoms with van der Waals surface area (Å²) in [5.41, 5.74) is 0. The minimum absolute atomic E-state index is 0. The third kappa shape index (κ3) is 16.6. The maximum atomic E-state index is 4.12. The standard InChI is InChI=1S/C7H13.C6H11.C4H9N.CH3.Ta/c1-7-5-3-2-4-6-7;1-2-4-6-5-3-1;1-3-4(2)5;;/h2,7H,3-6H2,1H3;1H,2-6H2;4H,3H2,1-2H3;1H3;/q2*-1;;-1;. The number of nitrogens with zero attached hydrogens (tertiary/aromatic N) is 1. The summed E-state index contributed by atoms with van der Waals surface area (Å²) in [6.07, 6.45) is 18.7. The van der Waals surface area contributed by atoms with E-state index in [9.17, 15) is 0 Å². The second-order valence-corrected chi connectivity index (χ2v) is 6.68. The molecule has 0 amide bonds. The topological polar surface area (TPSA) is 12.4 Å². The molecule has 0 aliphatic heterocycles. The van der Waals surface area contributed by atoms with Crippen LogP contribution < -0.4 is 0 Å². The van der Waals surface area contributed by atoms with Crippen LogP contribution in [0.1, 0.15) is 85.0 Å². The Bertz CT molecular complexity index is 172. The largest absolute Gasteiger partial charge is 0.358 e. The van der Waals surface area contributed by atoms with Crippen molar-refractivity contribution in [1.29, 1.82) is 0 Å². The van der Waals surface area contributed by atoms with Crippen LogP contribution in [-0.2, 0) is 20.9 Å². The first-order chi connectivity index (χ1) is 9.20. The SMILES string of the molecule is CC1CC[CH-]CC1.CCC(C)[N]=[Ta].[CH-]1CCCCC1.[CH3-]. The molecule has 1 nitrogen and oxygen atoms in total. The van der Waals surface area contributed by atoms with Crippen molar-refractivity contribution >= 4 is 0 Å². The first kappa shape index (κ1) is 22.8. The Hall–Kier alpha value is 0.540. The fourth-order valence-electron chi connectivity index (χ4n) is 2.07. The first-order valence-electron chi connectivity index (χ1n) is 8.18. The molecular formula is C18H36NTa-3. The molecule has 0 saturated heterocycles. The summed E-state index contributed by atoms with van der Waals surface area (Å²) in [4.78, 5) is 0. The van der Waals surface area contributed by atoms with Gasteiger partial charge in [-0.05, 0) is 5.92 Å². The van der Waals surface area contributed by atoms with E-state index in [-0.39, 0.29) is 7.43 Å². The molecule has 121 valence electrons. The van der Waals surface area contributed by atoms with Gasteiger partial charge < -0.3 is 20.3 Å². The first-order valence-corrected chi connectivity index (χ1v) is 9.61. The van der Waals surface area contributed by atoms with E-state index in [1.165, 1.54) is 85.1 Å². The van der Waals surface area contributed by atoms with Gasteiger partial charge in [0.15, 0.2) is 0 Å². The average molecular weight is 447 g/mol. The normalized spacial score (nSPS) is 20.1. The Morgan fingerprint density at radius 2 is 1.55 bits per heavy atom. The molecule has 0 bridgehead atoms. The van der Waals surface area contributed by atoms with Crippen molar-refractivity contribution in [2.75, 3.05) is 0 Å². The molecule has 2 heteroatoms.